The lowest BCUT2D eigenvalue weighted by Gasteiger charge is -2.29. The van der Waals surface area contributed by atoms with Gasteiger partial charge in [0, 0.05) is 37.8 Å². The third-order valence-electron chi connectivity index (χ3n) is 8.26. The summed E-state index contributed by atoms with van der Waals surface area (Å²) in [5.74, 6) is 0.148. The molecule has 38 heavy (non-hydrogen) atoms. The molecule has 8 nitrogen and oxygen atoms in total. The minimum atomic E-state index is -0.690. The fraction of sp³-hybridized carbons (Fsp3) is 0.483. The van der Waals surface area contributed by atoms with Gasteiger partial charge in [-0.25, -0.2) is 9.18 Å². The lowest BCUT2D eigenvalue weighted by Crippen LogP contribution is -2.28. The third kappa shape index (κ3) is 4.64. The maximum atomic E-state index is 15.6. The fourth-order valence-electron chi connectivity index (χ4n) is 6.07. The Balaban J connectivity index is 1.38. The van der Waals surface area contributed by atoms with Crippen molar-refractivity contribution in [1.82, 2.24) is 19.7 Å². The topological polar surface area (TPSA) is 90.2 Å². The maximum Gasteiger partial charge on any atom is 0.350 e. The Hall–Kier alpha value is -3.46. The number of nitrogens with zero attached hydrogens (tertiary/aromatic N) is 3. The number of benzene rings is 2. The molecule has 1 unspecified atom stereocenters. The van der Waals surface area contributed by atoms with Crippen molar-refractivity contribution in [3.05, 3.63) is 69.1 Å². The van der Waals surface area contributed by atoms with Crippen molar-refractivity contribution in [2.75, 3.05) is 5.32 Å². The summed E-state index contributed by atoms with van der Waals surface area (Å²) in [6, 6.07) is 8.44. The molecule has 200 valence electrons. The second-order valence-corrected chi connectivity index (χ2v) is 10.7. The predicted molar refractivity (Wildman–Crippen MR) is 142 cm³/mol. The fourth-order valence-corrected chi connectivity index (χ4v) is 6.07. The Morgan fingerprint density at radius 2 is 2.00 bits per heavy atom. The first-order valence-corrected chi connectivity index (χ1v) is 13.8. The van der Waals surface area contributed by atoms with E-state index in [1.165, 1.54) is 18.6 Å². The molecule has 3 aliphatic rings. The molecule has 3 aromatic rings. The Morgan fingerprint density at radius 1 is 1.16 bits per heavy atom. The zero-order valence-corrected chi connectivity index (χ0v) is 21.8. The molecule has 0 saturated heterocycles. The highest BCUT2D eigenvalue weighted by atomic mass is 19.1. The van der Waals surface area contributed by atoms with Gasteiger partial charge in [0.15, 0.2) is 0 Å². The number of hydrogen-bond acceptors (Lipinski definition) is 5. The standard InChI is InChI=1S/C29H34FN5O3/c1-18(19-8-3-2-4-9-19)38-26-15-25(35-29(37)34-13-6-5-12-27(34)33-35)23(30)14-21(26)28(36)32-24-11-7-10-20-16-31-17-22(20)24/h7,10-11,14-15,18-19,31H,2-6,8-9,12-13,16-17H2,1H3,(H,32,36). The van der Waals surface area contributed by atoms with Crippen LogP contribution in [0, 0.1) is 11.7 Å². The highest BCUT2D eigenvalue weighted by molar-refractivity contribution is 6.07. The molecule has 1 amide bonds. The average Bonchev–Trinajstić information content (AvgIpc) is 3.55. The van der Waals surface area contributed by atoms with Gasteiger partial charge in [-0.2, -0.15) is 4.68 Å². The van der Waals surface area contributed by atoms with Gasteiger partial charge in [-0.3, -0.25) is 9.36 Å². The summed E-state index contributed by atoms with van der Waals surface area (Å²) in [6.45, 7) is 4.00. The number of anilines is 1. The van der Waals surface area contributed by atoms with Crippen LogP contribution in [0.15, 0.2) is 35.1 Å². The number of rotatable bonds is 6. The molecule has 1 atom stereocenters. The van der Waals surface area contributed by atoms with Gasteiger partial charge in [-0.05, 0) is 61.8 Å². The van der Waals surface area contributed by atoms with E-state index in [2.05, 4.69) is 15.7 Å². The number of nitrogens with one attached hydrogen (secondary N) is 2. The van der Waals surface area contributed by atoms with Crippen molar-refractivity contribution >= 4 is 11.6 Å². The molecular formula is C29H34FN5O3. The van der Waals surface area contributed by atoms with Crippen molar-refractivity contribution < 1.29 is 13.9 Å². The number of carbonyl (C=O) groups is 1. The number of fused-ring (bicyclic) bond motifs is 2. The number of ether oxygens (including phenoxy) is 1. The highest BCUT2D eigenvalue weighted by Crippen LogP contribution is 2.33. The van der Waals surface area contributed by atoms with Gasteiger partial charge in [0.1, 0.15) is 23.1 Å². The lowest BCUT2D eigenvalue weighted by molar-refractivity contribution is 0.0997. The molecule has 1 aromatic heterocycles. The quantitative estimate of drug-likeness (QED) is 0.492. The van der Waals surface area contributed by atoms with Crippen LogP contribution >= 0.6 is 0 Å². The first kappa shape index (κ1) is 24.9. The smallest absolute Gasteiger partial charge is 0.350 e. The van der Waals surface area contributed by atoms with Gasteiger partial charge in [-0.15, -0.1) is 5.10 Å². The van der Waals surface area contributed by atoms with Crippen LogP contribution in [0.5, 0.6) is 5.75 Å². The van der Waals surface area contributed by atoms with Crippen LogP contribution < -0.4 is 21.1 Å². The summed E-state index contributed by atoms with van der Waals surface area (Å²) < 4.78 is 24.7. The molecule has 3 heterocycles. The summed E-state index contributed by atoms with van der Waals surface area (Å²) in [5, 5.41) is 10.7. The van der Waals surface area contributed by atoms with E-state index >= 15 is 4.39 Å². The number of amides is 1. The number of halogens is 1. The molecule has 1 saturated carbocycles. The summed E-state index contributed by atoms with van der Waals surface area (Å²) in [5.41, 5.74) is 2.61. The van der Waals surface area contributed by atoms with Crippen LogP contribution in [0.1, 0.15) is 79.2 Å². The third-order valence-corrected chi connectivity index (χ3v) is 8.26. The van der Waals surface area contributed by atoms with Crippen LogP contribution in [0.2, 0.25) is 0 Å². The van der Waals surface area contributed by atoms with E-state index in [-0.39, 0.29) is 28.8 Å². The zero-order chi connectivity index (χ0) is 26.2. The van der Waals surface area contributed by atoms with Crippen LogP contribution in [0.4, 0.5) is 10.1 Å². The first-order valence-electron chi connectivity index (χ1n) is 13.8. The van der Waals surface area contributed by atoms with Crippen molar-refractivity contribution in [2.45, 2.75) is 84.0 Å². The Morgan fingerprint density at radius 3 is 2.82 bits per heavy atom. The summed E-state index contributed by atoms with van der Waals surface area (Å²) in [4.78, 5) is 26.6. The van der Waals surface area contributed by atoms with E-state index < -0.39 is 11.7 Å². The minimum Gasteiger partial charge on any atom is -0.490 e. The molecule has 2 aromatic carbocycles. The maximum absolute atomic E-state index is 15.6. The van der Waals surface area contributed by atoms with Gasteiger partial charge in [-0.1, -0.05) is 31.4 Å². The number of carbonyl (C=O) groups excluding carboxylic acids is 1. The number of aryl methyl sites for hydroxylation is 1. The van der Waals surface area contributed by atoms with E-state index in [1.807, 2.05) is 25.1 Å². The van der Waals surface area contributed by atoms with Crippen molar-refractivity contribution in [1.29, 1.82) is 0 Å². The number of aromatic nitrogens is 3. The molecule has 6 rings (SSSR count). The van der Waals surface area contributed by atoms with Crippen LogP contribution in [-0.2, 0) is 26.1 Å². The summed E-state index contributed by atoms with van der Waals surface area (Å²) >= 11 is 0. The normalized spacial score (nSPS) is 18.1. The van der Waals surface area contributed by atoms with E-state index in [0.29, 0.717) is 36.9 Å². The van der Waals surface area contributed by atoms with Gasteiger partial charge in [0.05, 0.1) is 11.7 Å². The van der Waals surface area contributed by atoms with Gasteiger partial charge in [0.2, 0.25) is 0 Å². The van der Waals surface area contributed by atoms with E-state index in [0.717, 1.165) is 60.9 Å². The Bertz CT molecular complexity index is 1420. The van der Waals surface area contributed by atoms with Crippen molar-refractivity contribution in [3.63, 3.8) is 0 Å². The van der Waals surface area contributed by atoms with Crippen LogP contribution in [0.25, 0.3) is 5.69 Å². The average molecular weight is 520 g/mol. The molecule has 2 N–H and O–H groups in total. The minimum absolute atomic E-state index is 0.00379. The van der Waals surface area contributed by atoms with Gasteiger partial charge >= 0.3 is 5.69 Å². The number of hydrogen-bond donors (Lipinski definition) is 2. The molecular weight excluding hydrogens is 485 g/mol. The van der Waals surface area contributed by atoms with Crippen molar-refractivity contribution in [2.24, 2.45) is 5.92 Å². The molecule has 0 bridgehead atoms. The zero-order valence-electron chi connectivity index (χ0n) is 21.8. The monoisotopic (exact) mass is 519 g/mol. The lowest BCUT2D eigenvalue weighted by atomic mass is 9.86. The van der Waals surface area contributed by atoms with Crippen LogP contribution in [-0.4, -0.2) is 26.4 Å². The van der Waals surface area contributed by atoms with Gasteiger partial charge in [0.25, 0.3) is 5.91 Å². The Labute approximate surface area is 221 Å². The molecule has 9 heteroatoms. The molecule has 1 aliphatic carbocycles. The molecule has 0 radical (unpaired) electrons. The van der Waals surface area contributed by atoms with E-state index in [9.17, 15) is 9.59 Å². The van der Waals surface area contributed by atoms with Crippen LogP contribution in [0.3, 0.4) is 0 Å². The SMILES string of the molecule is CC(Oc1cc(-n2nc3n(c2=O)CCCC3)c(F)cc1C(=O)Nc1cccc2c1CNC2)C1CCCCC1. The second kappa shape index (κ2) is 10.4. The largest absolute Gasteiger partial charge is 0.490 e. The molecule has 0 spiro atoms. The van der Waals surface area contributed by atoms with E-state index in [1.54, 1.807) is 4.57 Å². The molecule has 2 aliphatic heterocycles. The summed E-state index contributed by atoms with van der Waals surface area (Å²) in [7, 11) is 0. The second-order valence-electron chi connectivity index (χ2n) is 10.7. The Kier molecular flexibility index (Phi) is 6.78. The highest BCUT2D eigenvalue weighted by Gasteiger charge is 2.27. The summed E-state index contributed by atoms with van der Waals surface area (Å²) in [6.07, 6.45) is 8.03. The van der Waals surface area contributed by atoms with E-state index in [4.69, 9.17) is 4.74 Å². The van der Waals surface area contributed by atoms with Gasteiger partial charge < -0.3 is 15.4 Å². The molecule has 1 fully saturated rings. The predicted octanol–water partition coefficient (Wildman–Crippen LogP) is 4.71. The van der Waals surface area contributed by atoms with Crippen molar-refractivity contribution in [3.8, 4) is 11.4 Å². The first-order chi connectivity index (χ1) is 18.5.